The summed E-state index contributed by atoms with van der Waals surface area (Å²) in [4.78, 5) is 10.6. The van der Waals surface area contributed by atoms with E-state index in [9.17, 15) is 4.79 Å². The molecule has 0 bridgehead atoms. The second-order valence-corrected chi connectivity index (χ2v) is 4.74. The highest BCUT2D eigenvalue weighted by Gasteiger charge is 2.06. The van der Waals surface area contributed by atoms with Crippen LogP contribution in [0.4, 0.5) is 0 Å². The van der Waals surface area contributed by atoms with E-state index < -0.39 is 0 Å². The Kier molecular flexibility index (Phi) is 2.41. The highest BCUT2D eigenvalue weighted by atomic mass is 79.9. The number of rotatable bonds is 1. The van der Waals surface area contributed by atoms with Gasteiger partial charge in [0, 0.05) is 25.5 Å². The number of carbonyl (C=O) groups is 1. The predicted octanol–water partition coefficient (Wildman–Crippen LogP) is 4.13. The van der Waals surface area contributed by atoms with Gasteiger partial charge in [0.15, 0.2) is 6.29 Å². The van der Waals surface area contributed by atoms with Gasteiger partial charge in [-0.3, -0.25) is 4.79 Å². The van der Waals surface area contributed by atoms with Crippen LogP contribution in [0, 0.1) is 0 Å². The van der Waals surface area contributed by atoms with Gasteiger partial charge < -0.3 is 0 Å². The summed E-state index contributed by atoms with van der Waals surface area (Å²) in [7, 11) is 0. The molecule has 0 aliphatic rings. The monoisotopic (exact) mass is 274 g/mol. The van der Waals surface area contributed by atoms with E-state index in [1.54, 1.807) is 11.3 Å². The van der Waals surface area contributed by atoms with Crippen LogP contribution in [-0.4, -0.2) is 6.29 Å². The molecule has 1 heterocycles. The fraction of sp³-hybridized carbons (Fsp3) is 0. The predicted molar refractivity (Wildman–Crippen MR) is 59.9 cm³/mol. The molecule has 0 saturated heterocycles. The van der Waals surface area contributed by atoms with Gasteiger partial charge in [-0.2, -0.15) is 0 Å². The molecule has 1 nitrogen and oxygen atoms in total. The minimum absolute atomic E-state index is 0.658. The molecule has 0 aliphatic heterocycles. The zero-order valence-electron chi connectivity index (χ0n) is 6.38. The lowest BCUT2D eigenvalue weighted by Crippen LogP contribution is -1.80. The minimum Gasteiger partial charge on any atom is -0.298 e. The second-order valence-electron chi connectivity index (χ2n) is 2.57. The summed E-state index contributed by atoms with van der Waals surface area (Å²) >= 11 is 10.8. The number of thiophene rings is 1. The van der Waals surface area contributed by atoms with Gasteiger partial charge in [-0.25, -0.2) is 0 Å². The molecule has 66 valence electrons. The van der Waals surface area contributed by atoms with E-state index in [-0.39, 0.29) is 0 Å². The van der Waals surface area contributed by atoms with Crippen LogP contribution in [0.25, 0.3) is 10.1 Å². The minimum atomic E-state index is 0.658. The first-order valence-corrected chi connectivity index (χ1v) is 5.59. The third-order valence-electron chi connectivity index (χ3n) is 1.77. The first-order chi connectivity index (χ1) is 6.22. The van der Waals surface area contributed by atoms with Crippen LogP contribution in [0.3, 0.4) is 0 Å². The fourth-order valence-electron chi connectivity index (χ4n) is 1.12. The van der Waals surface area contributed by atoms with Crippen LogP contribution < -0.4 is 0 Å². The molecule has 0 atom stereocenters. The average molecular weight is 276 g/mol. The lowest BCUT2D eigenvalue weighted by Gasteiger charge is -1.96. The maximum atomic E-state index is 10.6. The molecule has 13 heavy (non-hydrogen) atoms. The highest BCUT2D eigenvalue weighted by molar-refractivity contribution is 9.10. The molecule has 2 rings (SSSR count). The van der Waals surface area contributed by atoms with E-state index in [0.29, 0.717) is 5.56 Å². The summed E-state index contributed by atoms with van der Waals surface area (Å²) in [6, 6.07) is 3.71. The largest absolute Gasteiger partial charge is 0.298 e. The van der Waals surface area contributed by atoms with Gasteiger partial charge in [-0.05, 0) is 12.1 Å². The maximum Gasteiger partial charge on any atom is 0.151 e. The molecule has 1 aromatic heterocycles. The number of benzene rings is 1. The summed E-state index contributed by atoms with van der Waals surface area (Å²) < 4.78 is 1.82. The van der Waals surface area contributed by atoms with Crippen molar-refractivity contribution in [3.8, 4) is 0 Å². The van der Waals surface area contributed by atoms with Crippen molar-refractivity contribution >= 4 is 55.2 Å². The Bertz CT molecular complexity index is 478. The van der Waals surface area contributed by atoms with Gasteiger partial charge in [0.2, 0.25) is 0 Å². The Balaban J connectivity index is 2.83. The van der Waals surface area contributed by atoms with Crippen LogP contribution >= 0.6 is 38.9 Å². The standard InChI is InChI=1S/C9H4BrClOS/c10-7-2-6-8(11)4-13-9(6)1-5(7)3-12/h1-4H. The first kappa shape index (κ1) is 9.19. The molecule has 0 saturated carbocycles. The maximum absolute atomic E-state index is 10.6. The van der Waals surface area contributed by atoms with E-state index in [0.717, 1.165) is 25.9 Å². The summed E-state index contributed by atoms with van der Waals surface area (Å²) in [5.41, 5.74) is 0.658. The molecule has 4 heteroatoms. The van der Waals surface area contributed by atoms with Crippen molar-refractivity contribution in [2.24, 2.45) is 0 Å². The van der Waals surface area contributed by atoms with Crippen molar-refractivity contribution < 1.29 is 4.79 Å². The molecule has 0 unspecified atom stereocenters. The van der Waals surface area contributed by atoms with E-state index in [2.05, 4.69) is 15.9 Å². The van der Waals surface area contributed by atoms with Gasteiger partial charge in [-0.15, -0.1) is 11.3 Å². The number of halogens is 2. The molecular weight excluding hydrogens is 272 g/mol. The molecule has 0 aliphatic carbocycles. The molecule has 0 N–H and O–H groups in total. The zero-order valence-corrected chi connectivity index (χ0v) is 9.54. The summed E-state index contributed by atoms with van der Waals surface area (Å²) in [5, 5.41) is 3.59. The summed E-state index contributed by atoms with van der Waals surface area (Å²) in [6.45, 7) is 0. The quantitative estimate of drug-likeness (QED) is 0.715. The number of hydrogen-bond donors (Lipinski definition) is 0. The molecule has 0 amide bonds. The van der Waals surface area contributed by atoms with Crippen molar-refractivity contribution in [2.75, 3.05) is 0 Å². The van der Waals surface area contributed by atoms with E-state index >= 15 is 0 Å². The normalized spacial score (nSPS) is 10.6. The number of aldehydes is 1. The molecule has 0 spiro atoms. The van der Waals surface area contributed by atoms with Gasteiger partial charge in [0.25, 0.3) is 0 Å². The van der Waals surface area contributed by atoms with E-state index in [4.69, 9.17) is 11.6 Å². The lowest BCUT2D eigenvalue weighted by atomic mass is 10.2. The van der Waals surface area contributed by atoms with Gasteiger partial charge in [0.1, 0.15) is 0 Å². The van der Waals surface area contributed by atoms with E-state index in [1.807, 2.05) is 17.5 Å². The Hall–Kier alpha value is -0.380. The van der Waals surface area contributed by atoms with Crippen LogP contribution in [0.5, 0.6) is 0 Å². The summed E-state index contributed by atoms with van der Waals surface area (Å²) in [6.07, 6.45) is 0.831. The highest BCUT2D eigenvalue weighted by Crippen LogP contribution is 2.33. The SMILES string of the molecule is O=Cc1cc2scc(Cl)c2cc1Br. The fourth-order valence-corrected chi connectivity index (χ4v) is 2.75. The van der Waals surface area contributed by atoms with Crippen molar-refractivity contribution in [2.45, 2.75) is 0 Å². The Morgan fingerprint density at radius 2 is 2.23 bits per heavy atom. The van der Waals surface area contributed by atoms with Gasteiger partial charge in [0.05, 0.1) is 5.02 Å². The molecule has 2 aromatic rings. The van der Waals surface area contributed by atoms with Crippen LogP contribution in [-0.2, 0) is 0 Å². The van der Waals surface area contributed by atoms with Crippen molar-refractivity contribution in [3.05, 3.63) is 32.6 Å². The molecular formula is C9H4BrClOS. The molecule has 1 aromatic carbocycles. The molecule has 0 fully saturated rings. The third-order valence-corrected chi connectivity index (χ3v) is 3.85. The van der Waals surface area contributed by atoms with Crippen LogP contribution in [0.15, 0.2) is 22.0 Å². The summed E-state index contributed by atoms with van der Waals surface area (Å²) in [5.74, 6) is 0. The van der Waals surface area contributed by atoms with Gasteiger partial charge >= 0.3 is 0 Å². The van der Waals surface area contributed by atoms with E-state index in [1.165, 1.54) is 0 Å². The van der Waals surface area contributed by atoms with Crippen molar-refractivity contribution in [1.29, 1.82) is 0 Å². The van der Waals surface area contributed by atoms with Crippen LogP contribution in [0.1, 0.15) is 10.4 Å². The van der Waals surface area contributed by atoms with Crippen molar-refractivity contribution in [3.63, 3.8) is 0 Å². The number of hydrogen-bond acceptors (Lipinski definition) is 2. The second kappa shape index (κ2) is 3.40. The number of fused-ring (bicyclic) bond motifs is 1. The topological polar surface area (TPSA) is 17.1 Å². The molecule has 0 radical (unpaired) electrons. The van der Waals surface area contributed by atoms with Gasteiger partial charge in [-0.1, -0.05) is 27.5 Å². The lowest BCUT2D eigenvalue weighted by molar-refractivity contribution is 0.112. The third kappa shape index (κ3) is 1.52. The Labute approximate surface area is 92.5 Å². The Morgan fingerprint density at radius 1 is 1.46 bits per heavy atom. The first-order valence-electron chi connectivity index (χ1n) is 3.54. The number of carbonyl (C=O) groups excluding carboxylic acids is 1. The average Bonchev–Trinajstić information content (AvgIpc) is 2.47. The smallest absolute Gasteiger partial charge is 0.151 e. The zero-order chi connectivity index (χ0) is 9.42. The Morgan fingerprint density at radius 3 is 2.92 bits per heavy atom. The van der Waals surface area contributed by atoms with Crippen LogP contribution in [0.2, 0.25) is 5.02 Å². The van der Waals surface area contributed by atoms with Crippen molar-refractivity contribution in [1.82, 2.24) is 0 Å².